The van der Waals surface area contributed by atoms with Crippen molar-refractivity contribution in [1.82, 2.24) is 20.5 Å². The van der Waals surface area contributed by atoms with E-state index in [1.807, 2.05) is 4.90 Å². The van der Waals surface area contributed by atoms with Crippen molar-refractivity contribution < 1.29 is 18.4 Å². The number of anilines is 1. The lowest BCUT2D eigenvalue weighted by atomic mass is 10.0. The van der Waals surface area contributed by atoms with Crippen molar-refractivity contribution in [3.8, 4) is 0 Å². The van der Waals surface area contributed by atoms with E-state index < -0.39 is 23.6 Å². The number of nitrogens with two attached hydrogens (primary N) is 1. The van der Waals surface area contributed by atoms with Gasteiger partial charge in [-0.15, -0.1) is 0 Å². The Morgan fingerprint density at radius 3 is 2.50 bits per heavy atom. The quantitative estimate of drug-likeness (QED) is 0.603. The monoisotopic (exact) mass is 417 g/mol. The second-order valence-corrected chi connectivity index (χ2v) is 7.37. The van der Waals surface area contributed by atoms with Crippen LogP contribution in [0, 0.1) is 11.6 Å². The largest absolute Gasteiger partial charge is 0.384 e. The molecule has 1 aromatic carbocycles. The fourth-order valence-electron chi connectivity index (χ4n) is 3.35. The minimum Gasteiger partial charge on any atom is -0.384 e. The maximum absolute atomic E-state index is 13.6. The summed E-state index contributed by atoms with van der Waals surface area (Å²) in [6.07, 6.45) is 3.67. The number of hydrogen-bond acceptors (Lipinski definition) is 5. The lowest BCUT2D eigenvalue weighted by Gasteiger charge is -2.21. The van der Waals surface area contributed by atoms with Gasteiger partial charge in [-0.2, -0.15) is 0 Å². The number of hydrogen-bond donors (Lipinski definition) is 3. The highest BCUT2D eigenvalue weighted by atomic mass is 19.2. The van der Waals surface area contributed by atoms with E-state index in [1.165, 1.54) is 6.07 Å². The van der Waals surface area contributed by atoms with Crippen LogP contribution in [-0.2, 0) is 22.6 Å². The molecule has 1 atom stereocenters. The molecule has 1 aromatic heterocycles. The zero-order valence-corrected chi connectivity index (χ0v) is 16.5. The molecule has 1 saturated heterocycles. The molecule has 9 heteroatoms. The molecule has 3 rings (SSSR count). The molecule has 0 aliphatic carbocycles. The Bertz CT molecular complexity index is 885. The van der Waals surface area contributed by atoms with Crippen LogP contribution in [0.5, 0.6) is 0 Å². The number of likely N-dealkylation sites (tertiary alicyclic amines) is 1. The molecule has 1 unspecified atom stereocenters. The molecule has 2 aromatic rings. The Kier molecular flexibility index (Phi) is 7.29. The molecule has 30 heavy (non-hydrogen) atoms. The van der Waals surface area contributed by atoms with Gasteiger partial charge in [0.25, 0.3) is 0 Å². The van der Waals surface area contributed by atoms with Crippen LogP contribution in [0.3, 0.4) is 0 Å². The van der Waals surface area contributed by atoms with Gasteiger partial charge in [-0.05, 0) is 55.3 Å². The average Bonchev–Trinajstić information content (AvgIpc) is 3.22. The summed E-state index contributed by atoms with van der Waals surface area (Å²) in [7, 11) is 0. The number of pyridine rings is 1. The van der Waals surface area contributed by atoms with E-state index in [9.17, 15) is 18.4 Å². The van der Waals surface area contributed by atoms with Gasteiger partial charge < -0.3 is 16.4 Å². The number of carbonyl (C=O) groups excluding carboxylic acids is 2. The van der Waals surface area contributed by atoms with Gasteiger partial charge in [0, 0.05) is 19.2 Å². The highest BCUT2D eigenvalue weighted by Gasteiger charge is 2.23. The zero-order chi connectivity index (χ0) is 21.5. The molecular weight excluding hydrogens is 392 g/mol. The number of nitrogens with one attached hydrogen (secondary N) is 2. The molecule has 0 spiro atoms. The standard InChI is InChI=1S/C21H25F2N5O2/c22-16-5-3-14(9-17(16)23)10-18(27-20(29)13-28-7-1-2-8-28)21(30)26-12-15-4-6-19(24)25-11-15/h3-6,9,11,18H,1-2,7-8,10,12-13H2,(H2,24,25)(H,26,30)(H,27,29). The van der Waals surface area contributed by atoms with E-state index in [4.69, 9.17) is 5.73 Å². The highest BCUT2D eigenvalue weighted by Crippen LogP contribution is 2.12. The van der Waals surface area contributed by atoms with Crippen molar-refractivity contribution in [2.24, 2.45) is 0 Å². The maximum Gasteiger partial charge on any atom is 0.243 e. The minimum absolute atomic E-state index is 0.0365. The normalized spacial score (nSPS) is 15.0. The number of amides is 2. The lowest BCUT2D eigenvalue weighted by molar-refractivity contribution is -0.129. The van der Waals surface area contributed by atoms with Crippen LogP contribution in [0.25, 0.3) is 0 Å². The molecule has 1 aliphatic rings. The lowest BCUT2D eigenvalue weighted by Crippen LogP contribution is -2.50. The minimum atomic E-state index is -0.997. The zero-order valence-electron chi connectivity index (χ0n) is 16.5. The molecule has 0 bridgehead atoms. The fraction of sp³-hybridized carbons (Fsp3) is 0.381. The maximum atomic E-state index is 13.6. The van der Waals surface area contributed by atoms with Gasteiger partial charge in [0.15, 0.2) is 11.6 Å². The first-order valence-electron chi connectivity index (χ1n) is 9.84. The van der Waals surface area contributed by atoms with E-state index in [1.54, 1.807) is 18.3 Å². The van der Waals surface area contributed by atoms with Crippen molar-refractivity contribution >= 4 is 17.6 Å². The number of carbonyl (C=O) groups is 2. The molecule has 1 aliphatic heterocycles. The first-order chi connectivity index (χ1) is 14.4. The van der Waals surface area contributed by atoms with E-state index in [2.05, 4.69) is 15.6 Å². The number of halogens is 2. The third-order valence-corrected chi connectivity index (χ3v) is 4.96. The topological polar surface area (TPSA) is 100 Å². The van der Waals surface area contributed by atoms with Gasteiger partial charge in [0.05, 0.1) is 6.54 Å². The summed E-state index contributed by atoms with van der Waals surface area (Å²) in [6, 6.07) is 5.87. The molecule has 0 saturated carbocycles. The summed E-state index contributed by atoms with van der Waals surface area (Å²) < 4.78 is 26.8. The molecule has 7 nitrogen and oxygen atoms in total. The Morgan fingerprint density at radius 1 is 1.10 bits per heavy atom. The first-order valence-corrected chi connectivity index (χ1v) is 9.84. The fourth-order valence-corrected chi connectivity index (χ4v) is 3.35. The smallest absolute Gasteiger partial charge is 0.243 e. The van der Waals surface area contributed by atoms with Crippen LogP contribution in [-0.4, -0.2) is 47.4 Å². The predicted octanol–water partition coefficient (Wildman–Crippen LogP) is 1.38. The number of nitrogens with zero attached hydrogens (tertiary/aromatic N) is 2. The Balaban J connectivity index is 1.66. The van der Waals surface area contributed by atoms with Crippen LogP contribution in [0.15, 0.2) is 36.5 Å². The van der Waals surface area contributed by atoms with Crippen LogP contribution in [0.2, 0.25) is 0 Å². The number of rotatable bonds is 8. The first kappa shape index (κ1) is 21.6. The van der Waals surface area contributed by atoms with Crippen molar-refractivity contribution in [3.63, 3.8) is 0 Å². The summed E-state index contributed by atoms with van der Waals surface area (Å²) in [5.74, 6) is -2.30. The third kappa shape index (κ3) is 6.21. The van der Waals surface area contributed by atoms with E-state index in [0.717, 1.165) is 43.6 Å². The van der Waals surface area contributed by atoms with E-state index in [-0.39, 0.29) is 25.4 Å². The van der Waals surface area contributed by atoms with Crippen LogP contribution in [0.4, 0.5) is 14.6 Å². The van der Waals surface area contributed by atoms with Gasteiger partial charge >= 0.3 is 0 Å². The van der Waals surface area contributed by atoms with Gasteiger partial charge in [-0.25, -0.2) is 13.8 Å². The molecule has 2 amide bonds. The van der Waals surface area contributed by atoms with Gasteiger partial charge in [0.2, 0.25) is 11.8 Å². The number of nitrogen functional groups attached to an aromatic ring is 1. The third-order valence-electron chi connectivity index (χ3n) is 4.96. The molecular formula is C21H25F2N5O2. The molecule has 4 N–H and O–H groups in total. The molecule has 160 valence electrons. The highest BCUT2D eigenvalue weighted by molar-refractivity contribution is 5.88. The predicted molar refractivity (Wildman–Crippen MR) is 108 cm³/mol. The molecule has 1 fully saturated rings. The molecule has 0 radical (unpaired) electrons. The van der Waals surface area contributed by atoms with Crippen LogP contribution < -0.4 is 16.4 Å². The summed E-state index contributed by atoms with van der Waals surface area (Å²) >= 11 is 0. The van der Waals surface area contributed by atoms with Gasteiger partial charge in [-0.1, -0.05) is 12.1 Å². The van der Waals surface area contributed by atoms with Crippen molar-refractivity contribution in [2.75, 3.05) is 25.4 Å². The van der Waals surface area contributed by atoms with Gasteiger partial charge in [-0.3, -0.25) is 14.5 Å². The van der Waals surface area contributed by atoms with Crippen LogP contribution in [0.1, 0.15) is 24.0 Å². The van der Waals surface area contributed by atoms with Gasteiger partial charge in [0.1, 0.15) is 11.9 Å². The van der Waals surface area contributed by atoms with Crippen molar-refractivity contribution in [1.29, 1.82) is 0 Å². The summed E-state index contributed by atoms with van der Waals surface area (Å²) in [5, 5.41) is 5.48. The molecule has 2 heterocycles. The van der Waals surface area contributed by atoms with Crippen molar-refractivity contribution in [2.45, 2.75) is 31.8 Å². The second kappa shape index (κ2) is 10.1. The Morgan fingerprint density at radius 2 is 1.83 bits per heavy atom. The summed E-state index contributed by atoms with van der Waals surface area (Å²) in [6.45, 7) is 2.08. The Hall–Kier alpha value is -3.07. The SMILES string of the molecule is Nc1ccc(CNC(=O)C(Cc2ccc(F)c(F)c2)NC(=O)CN2CCCC2)cn1. The number of aromatic nitrogens is 1. The second-order valence-electron chi connectivity index (χ2n) is 7.37. The average molecular weight is 417 g/mol. The number of benzene rings is 1. The summed E-state index contributed by atoms with van der Waals surface area (Å²) in [4.78, 5) is 31.2. The van der Waals surface area contributed by atoms with E-state index >= 15 is 0 Å². The summed E-state index contributed by atoms with van der Waals surface area (Å²) in [5.41, 5.74) is 6.70. The van der Waals surface area contributed by atoms with E-state index in [0.29, 0.717) is 11.4 Å². The Labute approximate surface area is 173 Å². The van der Waals surface area contributed by atoms with Crippen molar-refractivity contribution in [3.05, 3.63) is 59.3 Å². The van der Waals surface area contributed by atoms with Crippen LogP contribution >= 0.6 is 0 Å².